The molecule has 0 N–H and O–H groups in total. The predicted octanol–water partition coefficient (Wildman–Crippen LogP) is 6.99. The second-order valence-electron chi connectivity index (χ2n) is 10.9. The van der Waals surface area contributed by atoms with Crippen molar-refractivity contribution < 1.29 is 18.9 Å². The van der Waals surface area contributed by atoms with Crippen molar-refractivity contribution in [2.75, 3.05) is 6.61 Å². The van der Waals surface area contributed by atoms with Gasteiger partial charge in [-0.05, 0) is 58.1 Å². The van der Waals surface area contributed by atoms with Crippen LogP contribution in [-0.4, -0.2) is 22.1 Å². The lowest BCUT2D eigenvalue weighted by molar-refractivity contribution is -0.384. The van der Waals surface area contributed by atoms with Crippen molar-refractivity contribution in [3.8, 4) is 11.3 Å². The SMILES string of the molecule is CCOC(=O)C1=C(c2ccccc2)N=c2s/c(=C/c3ccc(-c4ccc([N+](=O)[O-])cc4Br)o3)c(=O)n2C1c1ccc(C(C)C)cc1. The van der Waals surface area contributed by atoms with Crippen LogP contribution < -0.4 is 14.9 Å². The first-order valence-corrected chi connectivity index (χ1v) is 16.2. The molecule has 2 aromatic heterocycles. The zero-order chi connectivity index (χ0) is 32.5. The fourth-order valence-electron chi connectivity index (χ4n) is 5.34. The van der Waals surface area contributed by atoms with Crippen LogP contribution >= 0.6 is 27.3 Å². The smallest absolute Gasteiger partial charge is 0.338 e. The van der Waals surface area contributed by atoms with Gasteiger partial charge in [0.15, 0.2) is 4.80 Å². The lowest BCUT2D eigenvalue weighted by atomic mass is 9.91. The highest BCUT2D eigenvalue weighted by Crippen LogP contribution is 2.36. The van der Waals surface area contributed by atoms with Gasteiger partial charge in [-0.2, -0.15) is 0 Å². The number of rotatable bonds is 8. The van der Waals surface area contributed by atoms with Crippen molar-refractivity contribution in [2.24, 2.45) is 4.99 Å². The molecule has 6 rings (SSSR count). The molecule has 1 unspecified atom stereocenters. The topological polar surface area (TPSA) is 117 Å². The van der Waals surface area contributed by atoms with Crippen LogP contribution in [-0.2, 0) is 9.53 Å². The molecule has 0 aliphatic carbocycles. The Hall–Kier alpha value is -4.87. The number of hydrogen-bond acceptors (Lipinski definition) is 8. The van der Waals surface area contributed by atoms with Crippen LogP contribution in [0.4, 0.5) is 5.69 Å². The molecule has 3 heterocycles. The van der Waals surface area contributed by atoms with Crippen LogP contribution in [0.1, 0.15) is 55.2 Å². The Labute approximate surface area is 276 Å². The Kier molecular flexibility index (Phi) is 8.70. The molecule has 0 amide bonds. The van der Waals surface area contributed by atoms with E-state index in [0.717, 1.165) is 16.7 Å². The summed E-state index contributed by atoms with van der Waals surface area (Å²) in [5, 5.41) is 11.2. The molecule has 1 aliphatic rings. The highest BCUT2D eigenvalue weighted by molar-refractivity contribution is 9.10. The third kappa shape index (κ3) is 5.91. The van der Waals surface area contributed by atoms with E-state index in [9.17, 15) is 19.7 Å². The number of non-ortho nitro benzene ring substituents is 1. The van der Waals surface area contributed by atoms with Gasteiger partial charge in [-0.25, -0.2) is 9.79 Å². The van der Waals surface area contributed by atoms with Crippen molar-refractivity contribution >= 4 is 50.7 Å². The Balaban J connectivity index is 1.53. The number of ether oxygens (including phenoxy) is 1. The monoisotopic (exact) mass is 697 g/mol. The number of hydrogen-bond donors (Lipinski definition) is 0. The largest absolute Gasteiger partial charge is 0.463 e. The van der Waals surface area contributed by atoms with E-state index in [0.29, 0.717) is 42.5 Å². The van der Waals surface area contributed by atoms with Crippen LogP contribution in [0.25, 0.3) is 23.1 Å². The van der Waals surface area contributed by atoms with Gasteiger partial charge in [0.1, 0.15) is 11.5 Å². The molecule has 46 heavy (non-hydrogen) atoms. The third-order valence-corrected chi connectivity index (χ3v) is 9.26. The molecule has 0 saturated heterocycles. The van der Waals surface area contributed by atoms with E-state index in [2.05, 4.69) is 29.8 Å². The molecule has 0 bridgehead atoms. The summed E-state index contributed by atoms with van der Waals surface area (Å²) >= 11 is 4.59. The molecule has 9 nitrogen and oxygen atoms in total. The maximum Gasteiger partial charge on any atom is 0.338 e. The van der Waals surface area contributed by atoms with Crippen molar-refractivity contribution in [2.45, 2.75) is 32.7 Å². The predicted molar refractivity (Wildman–Crippen MR) is 180 cm³/mol. The van der Waals surface area contributed by atoms with Gasteiger partial charge in [-0.1, -0.05) is 79.8 Å². The molecule has 5 aromatic rings. The fourth-order valence-corrected chi connectivity index (χ4v) is 6.88. The van der Waals surface area contributed by atoms with Crippen molar-refractivity contribution in [3.63, 3.8) is 0 Å². The fraction of sp³-hybridized carbons (Fsp3) is 0.171. The van der Waals surface area contributed by atoms with Crippen molar-refractivity contribution in [1.29, 1.82) is 0 Å². The van der Waals surface area contributed by atoms with Gasteiger partial charge in [0.25, 0.3) is 11.2 Å². The number of fused-ring (bicyclic) bond motifs is 1. The first-order valence-electron chi connectivity index (χ1n) is 14.6. The Morgan fingerprint density at radius 3 is 2.50 bits per heavy atom. The van der Waals surface area contributed by atoms with Gasteiger partial charge in [0.2, 0.25) is 0 Å². The summed E-state index contributed by atoms with van der Waals surface area (Å²) in [6, 6.07) is 24.4. The normalized spacial score (nSPS) is 14.7. The minimum Gasteiger partial charge on any atom is -0.463 e. The minimum absolute atomic E-state index is 0.0472. The number of furan rings is 1. The van der Waals surface area contributed by atoms with E-state index < -0.39 is 16.9 Å². The molecule has 0 spiro atoms. The lowest BCUT2D eigenvalue weighted by Gasteiger charge is -2.26. The van der Waals surface area contributed by atoms with E-state index in [1.807, 2.05) is 54.6 Å². The molecule has 3 aromatic carbocycles. The number of benzene rings is 3. The van der Waals surface area contributed by atoms with Crippen molar-refractivity contribution in [1.82, 2.24) is 4.57 Å². The zero-order valence-corrected chi connectivity index (χ0v) is 27.5. The first-order chi connectivity index (χ1) is 22.2. The number of thiazole rings is 1. The average Bonchev–Trinajstić information content (AvgIpc) is 3.64. The Morgan fingerprint density at radius 2 is 1.85 bits per heavy atom. The highest BCUT2D eigenvalue weighted by Gasteiger charge is 2.35. The Morgan fingerprint density at radius 1 is 1.11 bits per heavy atom. The van der Waals surface area contributed by atoms with Crippen LogP contribution in [0.3, 0.4) is 0 Å². The third-order valence-electron chi connectivity index (χ3n) is 7.62. The molecule has 0 saturated carbocycles. The number of nitrogens with zero attached hydrogens (tertiary/aromatic N) is 3. The Bertz CT molecular complexity index is 2180. The van der Waals surface area contributed by atoms with Crippen molar-refractivity contribution in [3.05, 3.63) is 147 Å². The number of carbonyl (C=O) groups excluding carboxylic acids is 1. The van der Waals surface area contributed by atoms with Gasteiger partial charge >= 0.3 is 5.97 Å². The van der Waals surface area contributed by atoms with Gasteiger partial charge in [-0.3, -0.25) is 19.5 Å². The second kappa shape index (κ2) is 12.9. The van der Waals surface area contributed by atoms with E-state index >= 15 is 0 Å². The molecule has 1 atom stereocenters. The van der Waals surface area contributed by atoms with Gasteiger partial charge in [0, 0.05) is 33.8 Å². The zero-order valence-electron chi connectivity index (χ0n) is 25.1. The van der Waals surface area contributed by atoms with E-state index in [4.69, 9.17) is 14.1 Å². The molecule has 1 aliphatic heterocycles. The van der Waals surface area contributed by atoms with E-state index in [1.165, 1.54) is 23.5 Å². The van der Waals surface area contributed by atoms with Gasteiger partial charge < -0.3 is 9.15 Å². The summed E-state index contributed by atoms with van der Waals surface area (Å²) in [6.45, 7) is 6.13. The summed E-state index contributed by atoms with van der Waals surface area (Å²) in [5.74, 6) is 0.651. The van der Waals surface area contributed by atoms with Crippen LogP contribution in [0.2, 0.25) is 0 Å². The summed E-state index contributed by atoms with van der Waals surface area (Å²) in [6.07, 6.45) is 1.64. The molecule has 11 heteroatoms. The maximum absolute atomic E-state index is 14.2. The van der Waals surface area contributed by atoms with E-state index in [1.54, 1.807) is 35.8 Å². The summed E-state index contributed by atoms with van der Waals surface area (Å²) in [5.41, 5.74) is 3.61. The molecule has 0 fully saturated rings. The van der Waals surface area contributed by atoms with Crippen LogP contribution in [0.15, 0.2) is 109 Å². The molecule has 232 valence electrons. The number of nitro groups is 1. The number of nitro benzene ring substituents is 1. The highest BCUT2D eigenvalue weighted by atomic mass is 79.9. The quantitative estimate of drug-likeness (QED) is 0.0980. The summed E-state index contributed by atoms with van der Waals surface area (Å²) < 4.78 is 14.0. The molecule has 0 radical (unpaired) electrons. The summed E-state index contributed by atoms with van der Waals surface area (Å²) in [7, 11) is 0. The number of carbonyl (C=O) groups is 1. The number of halogens is 1. The van der Waals surface area contributed by atoms with Gasteiger partial charge in [0.05, 0.1) is 33.4 Å². The molecular weight excluding hydrogens is 670 g/mol. The maximum atomic E-state index is 14.2. The lowest BCUT2D eigenvalue weighted by Crippen LogP contribution is -2.40. The van der Waals surface area contributed by atoms with Gasteiger partial charge in [-0.15, -0.1) is 0 Å². The number of aromatic nitrogens is 1. The van der Waals surface area contributed by atoms with Crippen LogP contribution in [0.5, 0.6) is 0 Å². The minimum atomic E-state index is -0.780. The number of esters is 1. The molecular formula is C35H28BrN3O6S. The average molecular weight is 699 g/mol. The second-order valence-corrected chi connectivity index (χ2v) is 12.7. The summed E-state index contributed by atoms with van der Waals surface area (Å²) in [4.78, 5) is 43.8. The standard InChI is InChI=1S/C35H28BrN3O6S/c1-4-44-34(41)30-31(22-8-6-5-7-9-22)37-35-38(32(30)23-12-10-21(11-13-23)20(2)3)33(40)29(46-35)19-25-15-17-28(45-25)26-16-14-24(39(42)43)18-27(26)36/h5-20,32H,4H2,1-3H3/b29-19+. The first kappa shape index (κ1) is 31.1. The van der Waals surface area contributed by atoms with E-state index in [-0.39, 0.29) is 23.4 Å². The van der Waals surface area contributed by atoms with Crippen LogP contribution in [0, 0.1) is 10.1 Å².